The largest absolute Gasteiger partial charge is 0.502 e. The van der Waals surface area contributed by atoms with Gasteiger partial charge in [0.1, 0.15) is 5.82 Å². The predicted molar refractivity (Wildman–Crippen MR) is 72.3 cm³/mol. The Morgan fingerprint density at radius 2 is 1.90 bits per heavy atom. The SMILES string of the molecule is O=C(NCc1ccc(F)cc1)c1ccc([N+](=O)[O-])c(O)c1. The summed E-state index contributed by atoms with van der Waals surface area (Å²) in [5, 5.41) is 22.6. The van der Waals surface area contributed by atoms with Gasteiger partial charge in [0.15, 0.2) is 5.75 Å². The minimum Gasteiger partial charge on any atom is -0.502 e. The maximum Gasteiger partial charge on any atom is 0.310 e. The number of nitro benzene ring substituents is 1. The van der Waals surface area contributed by atoms with E-state index in [1.807, 2.05) is 0 Å². The summed E-state index contributed by atoms with van der Waals surface area (Å²) in [6.45, 7) is 0.177. The second-order valence-corrected chi connectivity index (χ2v) is 4.27. The fourth-order valence-corrected chi connectivity index (χ4v) is 1.71. The molecule has 0 atom stereocenters. The first-order chi connectivity index (χ1) is 9.97. The molecule has 2 rings (SSSR count). The number of hydrogen-bond donors (Lipinski definition) is 2. The Balaban J connectivity index is 2.05. The fourth-order valence-electron chi connectivity index (χ4n) is 1.71. The van der Waals surface area contributed by atoms with E-state index in [-0.39, 0.29) is 17.9 Å². The van der Waals surface area contributed by atoms with Gasteiger partial charge >= 0.3 is 5.69 Å². The van der Waals surface area contributed by atoms with Crippen molar-refractivity contribution in [1.82, 2.24) is 5.32 Å². The van der Waals surface area contributed by atoms with Gasteiger partial charge in [-0.15, -0.1) is 0 Å². The highest BCUT2D eigenvalue weighted by atomic mass is 19.1. The molecule has 0 fully saturated rings. The summed E-state index contributed by atoms with van der Waals surface area (Å²) in [5.41, 5.74) is 0.334. The van der Waals surface area contributed by atoms with Gasteiger partial charge in [-0.3, -0.25) is 14.9 Å². The molecule has 0 aliphatic heterocycles. The standard InChI is InChI=1S/C14H11FN2O4/c15-11-4-1-9(2-5-11)8-16-14(19)10-3-6-12(17(20)21)13(18)7-10/h1-7,18H,8H2,(H,16,19). The van der Waals surface area contributed by atoms with Crippen LogP contribution in [0.25, 0.3) is 0 Å². The van der Waals surface area contributed by atoms with Crippen LogP contribution in [0.3, 0.4) is 0 Å². The quantitative estimate of drug-likeness (QED) is 0.668. The second kappa shape index (κ2) is 6.00. The van der Waals surface area contributed by atoms with Crippen molar-refractivity contribution in [3.8, 4) is 5.75 Å². The molecule has 0 heterocycles. The molecule has 0 unspecified atom stereocenters. The zero-order chi connectivity index (χ0) is 15.4. The molecule has 0 bridgehead atoms. The molecule has 0 saturated heterocycles. The lowest BCUT2D eigenvalue weighted by Gasteiger charge is -2.06. The van der Waals surface area contributed by atoms with Crippen LogP contribution >= 0.6 is 0 Å². The number of rotatable bonds is 4. The van der Waals surface area contributed by atoms with Gasteiger partial charge in [0, 0.05) is 18.2 Å². The topological polar surface area (TPSA) is 92.5 Å². The van der Waals surface area contributed by atoms with E-state index in [1.54, 1.807) is 0 Å². The van der Waals surface area contributed by atoms with Gasteiger partial charge in [-0.2, -0.15) is 0 Å². The van der Waals surface area contributed by atoms with Gasteiger partial charge < -0.3 is 10.4 Å². The summed E-state index contributed by atoms with van der Waals surface area (Å²) >= 11 is 0. The lowest BCUT2D eigenvalue weighted by Crippen LogP contribution is -2.22. The van der Waals surface area contributed by atoms with E-state index in [0.717, 1.165) is 12.1 Å². The monoisotopic (exact) mass is 290 g/mol. The normalized spacial score (nSPS) is 10.1. The average molecular weight is 290 g/mol. The Morgan fingerprint density at radius 1 is 1.24 bits per heavy atom. The maximum atomic E-state index is 12.7. The van der Waals surface area contributed by atoms with E-state index in [4.69, 9.17) is 0 Å². The number of nitrogens with one attached hydrogen (secondary N) is 1. The molecule has 2 aromatic carbocycles. The zero-order valence-electron chi connectivity index (χ0n) is 10.7. The molecule has 6 nitrogen and oxygen atoms in total. The molecule has 108 valence electrons. The van der Waals surface area contributed by atoms with Crippen LogP contribution in [0.4, 0.5) is 10.1 Å². The highest BCUT2D eigenvalue weighted by Gasteiger charge is 2.15. The Kier molecular flexibility index (Phi) is 4.13. The van der Waals surface area contributed by atoms with Crippen LogP contribution in [0.1, 0.15) is 15.9 Å². The first-order valence-electron chi connectivity index (χ1n) is 5.97. The number of carbonyl (C=O) groups is 1. The summed E-state index contributed by atoms with van der Waals surface area (Å²) in [5.74, 6) is -1.44. The number of hydrogen-bond acceptors (Lipinski definition) is 4. The molecule has 1 amide bonds. The number of phenolic OH excluding ortho intramolecular Hbond substituents is 1. The molecular weight excluding hydrogens is 279 g/mol. The number of aromatic hydroxyl groups is 1. The maximum absolute atomic E-state index is 12.7. The number of amides is 1. The number of carbonyl (C=O) groups excluding carboxylic acids is 1. The van der Waals surface area contributed by atoms with Crippen molar-refractivity contribution in [3.05, 3.63) is 69.5 Å². The third-order valence-electron chi connectivity index (χ3n) is 2.80. The third kappa shape index (κ3) is 3.53. The van der Waals surface area contributed by atoms with Gasteiger partial charge in [0.2, 0.25) is 0 Å². The molecule has 0 aromatic heterocycles. The van der Waals surface area contributed by atoms with Crippen molar-refractivity contribution in [1.29, 1.82) is 0 Å². The predicted octanol–water partition coefficient (Wildman–Crippen LogP) is 2.37. The van der Waals surface area contributed by atoms with E-state index < -0.39 is 22.3 Å². The van der Waals surface area contributed by atoms with E-state index in [0.29, 0.717) is 5.56 Å². The van der Waals surface area contributed by atoms with Crippen molar-refractivity contribution in [3.63, 3.8) is 0 Å². The van der Waals surface area contributed by atoms with Crippen LogP contribution in [-0.4, -0.2) is 15.9 Å². The van der Waals surface area contributed by atoms with E-state index in [9.17, 15) is 24.4 Å². The molecule has 0 aliphatic rings. The molecule has 2 N–H and O–H groups in total. The lowest BCUT2D eigenvalue weighted by molar-refractivity contribution is -0.385. The Bertz CT molecular complexity index is 686. The molecule has 0 radical (unpaired) electrons. The van der Waals surface area contributed by atoms with Crippen molar-refractivity contribution >= 4 is 11.6 Å². The van der Waals surface area contributed by atoms with Gasteiger partial charge in [-0.1, -0.05) is 12.1 Å². The number of nitrogens with zero attached hydrogens (tertiary/aromatic N) is 1. The highest BCUT2D eigenvalue weighted by molar-refractivity contribution is 5.94. The third-order valence-corrected chi connectivity index (χ3v) is 2.80. The van der Waals surface area contributed by atoms with E-state index >= 15 is 0 Å². The minimum atomic E-state index is -0.741. The van der Waals surface area contributed by atoms with E-state index in [2.05, 4.69) is 5.32 Å². The lowest BCUT2D eigenvalue weighted by atomic mass is 10.1. The van der Waals surface area contributed by atoms with Crippen molar-refractivity contribution in [2.24, 2.45) is 0 Å². The Morgan fingerprint density at radius 3 is 2.48 bits per heavy atom. The minimum absolute atomic E-state index is 0.0974. The van der Waals surface area contributed by atoms with Gasteiger partial charge in [-0.05, 0) is 29.8 Å². The first kappa shape index (κ1) is 14.4. The van der Waals surface area contributed by atoms with Crippen LogP contribution in [0, 0.1) is 15.9 Å². The van der Waals surface area contributed by atoms with Gasteiger partial charge in [-0.25, -0.2) is 4.39 Å². The highest BCUT2D eigenvalue weighted by Crippen LogP contribution is 2.26. The Labute approximate surface area is 119 Å². The number of halogens is 1. The summed E-state index contributed by atoms with van der Waals surface area (Å²) in [4.78, 5) is 21.7. The number of benzene rings is 2. The van der Waals surface area contributed by atoms with E-state index in [1.165, 1.54) is 30.3 Å². The first-order valence-corrected chi connectivity index (χ1v) is 5.97. The van der Waals surface area contributed by atoms with Crippen LogP contribution in [0.15, 0.2) is 42.5 Å². The summed E-state index contributed by atoms with van der Waals surface area (Å²) < 4.78 is 12.7. The Hall–Kier alpha value is -2.96. The molecule has 7 heteroatoms. The molecule has 21 heavy (non-hydrogen) atoms. The van der Waals surface area contributed by atoms with Gasteiger partial charge in [0.05, 0.1) is 4.92 Å². The van der Waals surface area contributed by atoms with Crippen LogP contribution in [-0.2, 0) is 6.54 Å². The van der Waals surface area contributed by atoms with Crippen LogP contribution in [0.2, 0.25) is 0 Å². The molecule has 0 aliphatic carbocycles. The zero-order valence-corrected chi connectivity index (χ0v) is 10.7. The molecule has 0 saturated carbocycles. The smallest absolute Gasteiger partial charge is 0.310 e. The average Bonchev–Trinajstić information content (AvgIpc) is 2.45. The molecule has 2 aromatic rings. The van der Waals surface area contributed by atoms with Crippen LogP contribution in [0.5, 0.6) is 5.75 Å². The summed E-state index contributed by atoms with van der Waals surface area (Å²) in [6, 6.07) is 8.95. The van der Waals surface area contributed by atoms with Crippen molar-refractivity contribution < 1.29 is 19.2 Å². The molecular formula is C14H11FN2O4. The van der Waals surface area contributed by atoms with Crippen molar-refractivity contribution in [2.45, 2.75) is 6.54 Å². The summed E-state index contributed by atoms with van der Waals surface area (Å²) in [6.07, 6.45) is 0. The number of nitro groups is 1. The fraction of sp³-hybridized carbons (Fsp3) is 0.0714. The van der Waals surface area contributed by atoms with Gasteiger partial charge in [0.25, 0.3) is 5.91 Å². The second-order valence-electron chi connectivity index (χ2n) is 4.27. The number of phenols is 1. The van der Waals surface area contributed by atoms with Crippen LogP contribution < -0.4 is 5.32 Å². The molecule has 0 spiro atoms. The summed E-state index contributed by atoms with van der Waals surface area (Å²) in [7, 11) is 0. The van der Waals surface area contributed by atoms with Crippen molar-refractivity contribution in [2.75, 3.05) is 0 Å².